The van der Waals surface area contributed by atoms with Crippen molar-refractivity contribution in [2.45, 2.75) is 18.9 Å². The number of thioether (sulfide) groups is 1. The van der Waals surface area contributed by atoms with Gasteiger partial charge in [-0.3, -0.25) is 9.59 Å². The molecule has 2 aromatic rings. The van der Waals surface area contributed by atoms with E-state index in [1.165, 1.54) is 0 Å². The van der Waals surface area contributed by atoms with E-state index in [1.807, 2.05) is 36.6 Å². The molecule has 0 aromatic heterocycles. The summed E-state index contributed by atoms with van der Waals surface area (Å²) >= 11 is 1.56. The lowest BCUT2D eigenvalue weighted by molar-refractivity contribution is -0.150. The summed E-state index contributed by atoms with van der Waals surface area (Å²) in [6.07, 6.45) is 2.97. The van der Waals surface area contributed by atoms with Crippen molar-refractivity contribution >= 4 is 29.5 Å². The van der Waals surface area contributed by atoms with Gasteiger partial charge in [0.25, 0.3) is 11.8 Å². The van der Waals surface area contributed by atoms with Crippen molar-refractivity contribution in [3.63, 3.8) is 0 Å². The smallest absolute Gasteiger partial charge is 0.329 e. The van der Waals surface area contributed by atoms with E-state index in [1.54, 1.807) is 43.1 Å². The van der Waals surface area contributed by atoms with Gasteiger partial charge in [0, 0.05) is 12.1 Å². The lowest BCUT2D eigenvalue weighted by Crippen LogP contribution is -2.43. The van der Waals surface area contributed by atoms with Gasteiger partial charge >= 0.3 is 5.97 Å². The zero-order valence-corrected chi connectivity index (χ0v) is 18.6. The number of methoxy groups -OCH3 is 1. The number of carbonyl (C=O) groups excluding carboxylic acids is 3. The molecule has 8 heteroatoms. The second kappa shape index (κ2) is 13.3. The van der Waals surface area contributed by atoms with Crippen LogP contribution < -0.4 is 15.4 Å². The zero-order valence-electron chi connectivity index (χ0n) is 17.8. The number of rotatable bonds is 12. The van der Waals surface area contributed by atoms with Crippen molar-refractivity contribution in [2.75, 3.05) is 32.3 Å². The number of hydrogen-bond donors (Lipinski definition) is 2. The highest BCUT2D eigenvalue weighted by Crippen LogP contribution is 2.11. The molecule has 1 atom stereocenters. The van der Waals surface area contributed by atoms with Crippen molar-refractivity contribution in [1.82, 2.24) is 10.6 Å². The average molecular weight is 445 g/mol. The molecular weight excluding hydrogens is 416 g/mol. The lowest BCUT2D eigenvalue weighted by Gasteiger charge is -2.17. The molecule has 2 aromatic carbocycles. The third-order valence-electron chi connectivity index (χ3n) is 4.48. The molecule has 7 nitrogen and oxygen atoms in total. The van der Waals surface area contributed by atoms with E-state index >= 15 is 0 Å². The molecule has 0 saturated carbocycles. The Morgan fingerprint density at radius 3 is 2.39 bits per heavy atom. The van der Waals surface area contributed by atoms with E-state index in [2.05, 4.69) is 10.6 Å². The number of nitrogens with one attached hydrogen (secondary N) is 2. The maximum Gasteiger partial charge on any atom is 0.329 e. The Balaban J connectivity index is 1.77. The van der Waals surface area contributed by atoms with E-state index in [-0.39, 0.29) is 11.8 Å². The Bertz CT molecular complexity index is 843. The fraction of sp³-hybridized carbons (Fsp3) is 0.348. The fourth-order valence-electron chi connectivity index (χ4n) is 2.74. The second-order valence-electron chi connectivity index (χ2n) is 6.73. The first kappa shape index (κ1) is 24.3. The van der Waals surface area contributed by atoms with Gasteiger partial charge in [0.15, 0.2) is 6.61 Å². The van der Waals surface area contributed by atoms with E-state index in [0.29, 0.717) is 30.7 Å². The van der Waals surface area contributed by atoms with Gasteiger partial charge in [-0.2, -0.15) is 11.8 Å². The monoisotopic (exact) mass is 444 g/mol. The first-order chi connectivity index (χ1) is 15.0. The minimum absolute atomic E-state index is 0.354. The number of benzene rings is 2. The molecule has 0 spiro atoms. The molecule has 0 saturated heterocycles. The molecule has 31 heavy (non-hydrogen) atoms. The number of esters is 1. The summed E-state index contributed by atoms with van der Waals surface area (Å²) < 4.78 is 10.3. The molecule has 0 aliphatic rings. The van der Waals surface area contributed by atoms with Gasteiger partial charge in [-0.1, -0.05) is 30.3 Å². The predicted molar refractivity (Wildman–Crippen MR) is 121 cm³/mol. The van der Waals surface area contributed by atoms with Crippen LogP contribution in [0.15, 0.2) is 54.6 Å². The van der Waals surface area contributed by atoms with Crippen molar-refractivity contribution in [3.05, 3.63) is 65.7 Å². The van der Waals surface area contributed by atoms with Gasteiger partial charge in [0.1, 0.15) is 11.8 Å². The number of carbonyl (C=O) groups is 3. The van der Waals surface area contributed by atoms with Gasteiger partial charge in [-0.25, -0.2) is 4.79 Å². The standard InChI is InChI=1S/C23H28N2O5S/c1-29-19-10-8-17(9-11-19)12-14-24-21(26)16-30-23(28)20(13-15-31-2)25-22(27)18-6-4-3-5-7-18/h3-11,20H,12-16H2,1-2H3,(H,24,26)(H,25,27). The van der Waals surface area contributed by atoms with Crippen LogP contribution in [0.25, 0.3) is 0 Å². The Morgan fingerprint density at radius 1 is 1.03 bits per heavy atom. The van der Waals surface area contributed by atoms with Crippen LogP contribution in [0.2, 0.25) is 0 Å². The summed E-state index contributed by atoms with van der Waals surface area (Å²) in [6, 6.07) is 15.4. The van der Waals surface area contributed by atoms with E-state index in [0.717, 1.165) is 11.3 Å². The highest BCUT2D eigenvalue weighted by Gasteiger charge is 2.23. The molecule has 2 N–H and O–H groups in total. The van der Waals surface area contributed by atoms with Crippen LogP contribution in [0.1, 0.15) is 22.3 Å². The molecule has 0 bridgehead atoms. The quantitative estimate of drug-likeness (QED) is 0.489. The van der Waals surface area contributed by atoms with Gasteiger partial charge < -0.3 is 20.1 Å². The Hall–Kier alpha value is -3.00. The van der Waals surface area contributed by atoms with Crippen LogP contribution >= 0.6 is 11.8 Å². The van der Waals surface area contributed by atoms with E-state index < -0.39 is 18.6 Å². The Labute approximate surface area is 186 Å². The fourth-order valence-corrected chi connectivity index (χ4v) is 3.21. The third kappa shape index (κ3) is 8.72. The van der Waals surface area contributed by atoms with Crippen LogP contribution in [0, 0.1) is 0 Å². The zero-order chi connectivity index (χ0) is 22.5. The number of amides is 2. The number of ether oxygens (including phenoxy) is 2. The van der Waals surface area contributed by atoms with Crippen LogP contribution in [0.5, 0.6) is 5.75 Å². The first-order valence-corrected chi connectivity index (χ1v) is 11.3. The minimum atomic E-state index is -0.813. The molecule has 0 fully saturated rings. The van der Waals surface area contributed by atoms with Crippen LogP contribution in [-0.2, 0) is 20.7 Å². The molecule has 0 aliphatic heterocycles. The summed E-state index contributed by atoms with van der Waals surface area (Å²) in [7, 11) is 1.61. The molecule has 2 rings (SSSR count). The second-order valence-corrected chi connectivity index (χ2v) is 7.71. The number of hydrogen-bond acceptors (Lipinski definition) is 6. The Morgan fingerprint density at radius 2 is 1.74 bits per heavy atom. The van der Waals surface area contributed by atoms with Crippen molar-refractivity contribution < 1.29 is 23.9 Å². The van der Waals surface area contributed by atoms with Gasteiger partial charge in [0.05, 0.1) is 7.11 Å². The summed E-state index contributed by atoms with van der Waals surface area (Å²) in [4.78, 5) is 36.8. The molecule has 1 unspecified atom stereocenters. The van der Waals surface area contributed by atoms with Crippen LogP contribution in [-0.4, -0.2) is 56.1 Å². The summed E-state index contributed by atoms with van der Waals surface area (Å²) in [5, 5.41) is 5.42. The third-order valence-corrected chi connectivity index (χ3v) is 5.12. The van der Waals surface area contributed by atoms with Crippen LogP contribution in [0.3, 0.4) is 0 Å². The van der Waals surface area contributed by atoms with Crippen molar-refractivity contribution in [2.24, 2.45) is 0 Å². The van der Waals surface area contributed by atoms with Gasteiger partial charge in [-0.15, -0.1) is 0 Å². The summed E-state index contributed by atoms with van der Waals surface area (Å²) in [5.74, 6) is 0.0780. The van der Waals surface area contributed by atoms with E-state index in [4.69, 9.17) is 9.47 Å². The average Bonchev–Trinajstić information content (AvgIpc) is 2.81. The van der Waals surface area contributed by atoms with Crippen molar-refractivity contribution in [3.8, 4) is 5.75 Å². The highest BCUT2D eigenvalue weighted by molar-refractivity contribution is 7.98. The molecule has 0 aliphatic carbocycles. The Kier molecular flexibility index (Phi) is 10.4. The normalized spacial score (nSPS) is 11.3. The minimum Gasteiger partial charge on any atom is -0.497 e. The maximum absolute atomic E-state index is 12.4. The topological polar surface area (TPSA) is 93.7 Å². The molecule has 166 valence electrons. The molecule has 2 amide bonds. The van der Waals surface area contributed by atoms with Crippen molar-refractivity contribution in [1.29, 1.82) is 0 Å². The summed E-state index contributed by atoms with van der Waals surface area (Å²) in [5.41, 5.74) is 1.51. The molecule has 0 heterocycles. The van der Waals surface area contributed by atoms with Crippen LogP contribution in [0.4, 0.5) is 0 Å². The first-order valence-electron chi connectivity index (χ1n) is 9.94. The van der Waals surface area contributed by atoms with Gasteiger partial charge in [0.2, 0.25) is 0 Å². The predicted octanol–water partition coefficient (Wildman–Crippen LogP) is 2.45. The highest BCUT2D eigenvalue weighted by atomic mass is 32.2. The molecule has 0 radical (unpaired) electrons. The largest absolute Gasteiger partial charge is 0.497 e. The van der Waals surface area contributed by atoms with E-state index in [9.17, 15) is 14.4 Å². The summed E-state index contributed by atoms with van der Waals surface area (Å²) in [6.45, 7) is 0.0295. The lowest BCUT2D eigenvalue weighted by atomic mass is 10.1. The molecular formula is C23H28N2O5S. The SMILES string of the molecule is COc1ccc(CCNC(=O)COC(=O)C(CCSC)NC(=O)c2ccccc2)cc1. The maximum atomic E-state index is 12.4. The van der Waals surface area contributed by atoms with Gasteiger partial charge in [-0.05, 0) is 54.7 Å².